The van der Waals surface area contributed by atoms with Crippen LogP contribution in [-0.4, -0.2) is 27.0 Å². The van der Waals surface area contributed by atoms with Crippen LogP contribution in [0.25, 0.3) is 0 Å². The average molecular weight is 373 g/mol. The highest BCUT2D eigenvalue weighted by atomic mass is 16.6. The van der Waals surface area contributed by atoms with E-state index in [-0.39, 0.29) is 16.7 Å². The number of nitro benzene ring substituents is 1. The van der Waals surface area contributed by atoms with Gasteiger partial charge in [-0.05, 0) is 50.7 Å². The third kappa shape index (κ3) is 3.37. The van der Waals surface area contributed by atoms with Crippen molar-refractivity contribution in [3.8, 4) is 0 Å². The van der Waals surface area contributed by atoms with Crippen molar-refractivity contribution in [3.05, 3.63) is 51.3 Å². The standard InChI is InChI=1S/C20H25N2O5/c1-18(2)11-16(15-10-19(3,4)22(26)20(15,5)12-18)27-17(23)13-7-6-8-14(9-13)21(24)25/h6-9H,10-12H2,1-5H3/t20-/m0/s1. The van der Waals surface area contributed by atoms with Gasteiger partial charge in [-0.15, -0.1) is 10.3 Å². The summed E-state index contributed by atoms with van der Waals surface area (Å²) in [4.78, 5) is 23.1. The van der Waals surface area contributed by atoms with Gasteiger partial charge in [0.15, 0.2) is 0 Å². The Bertz CT molecular complexity index is 843. The van der Waals surface area contributed by atoms with E-state index in [1.54, 1.807) is 0 Å². The fourth-order valence-electron chi connectivity index (χ4n) is 4.61. The maximum absolute atomic E-state index is 13.0. The predicted octanol–water partition coefficient (Wildman–Crippen LogP) is 4.41. The van der Waals surface area contributed by atoms with Crippen LogP contribution in [0.2, 0.25) is 0 Å². The number of hydroxylamine groups is 2. The summed E-state index contributed by atoms with van der Waals surface area (Å²) in [7, 11) is 0. The summed E-state index contributed by atoms with van der Waals surface area (Å²) >= 11 is 0. The molecule has 0 saturated carbocycles. The highest BCUT2D eigenvalue weighted by molar-refractivity contribution is 5.90. The van der Waals surface area contributed by atoms with E-state index in [1.807, 2.05) is 20.8 Å². The van der Waals surface area contributed by atoms with Crippen LogP contribution in [0.5, 0.6) is 0 Å². The number of hydrogen-bond donors (Lipinski definition) is 0. The van der Waals surface area contributed by atoms with Crippen molar-refractivity contribution in [1.29, 1.82) is 0 Å². The van der Waals surface area contributed by atoms with Crippen LogP contribution in [0.1, 0.15) is 64.2 Å². The quantitative estimate of drug-likeness (QED) is 0.444. The zero-order valence-electron chi connectivity index (χ0n) is 16.4. The predicted molar refractivity (Wildman–Crippen MR) is 98.2 cm³/mol. The van der Waals surface area contributed by atoms with E-state index in [4.69, 9.17) is 4.74 Å². The smallest absolute Gasteiger partial charge is 0.343 e. The van der Waals surface area contributed by atoms with Gasteiger partial charge in [-0.2, -0.15) is 0 Å². The van der Waals surface area contributed by atoms with E-state index in [1.165, 1.54) is 24.3 Å². The Morgan fingerprint density at radius 3 is 2.48 bits per heavy atom. The molecule has 0 spiro atoms. The van der Waals surface area contributed by atoms with Crippen LogP contribution < -0.4 is 0 Å². The zero-order valence-corrected chi connectivity index (χ0v) is 16.4. The van der Waals surface area contributed by atoms with Gasteiger partial charge in [0.25, 0.3) is 5.69 Å². The fourth-order valence-corrected chi connectivity index (χ4v) is 4.61. The lowest BCUT2D eigenvalue weighted by Gasteiger charge is -2.44. The Morgan fingerprint density at radius 1 is 1.19 bits per heavy atom. The number of benzene rings is 1. The molecule has 1 fully saturated rings. The van der Waals surface area contributed by atoms with Crippen LogP contribution >= 0.6 is 0 Å². The average Bonchev–Trinajstić information content (AvgIpc) is 2.74. The first kappa shape index (κ1) is 19.5. The maximum Gasteiger partial charge on any atom is 0.343 e. The first-order chi connectivity index (χ1) is 12.4. The van der Waals surface area contributed by atoms with Gasteiger partial charge in [0.2, 0.25) is 0 Å². The molecule has 0 N–H and O–H groups in total. The Labute approximate surface area is 158 Å². The van der Waals surface area contributed by atoms with Crippen molar-refractivity contribution in [2.24, 2.45) is 5.41 Å². The van der Waals surface area contributed by atoms with Crippen LogP contribution in [0.4, 0.5) is 5.69 Å². The van der Waals surface area contributed by atoms with Crippen molar-refractivity contribution < 1.29 is 19.7 Å². The van der Waals surface area contributed by atoms with Gasteiger partial charge >= 0.3 is 5.97 Å². The summed E-state index contributed by atoms with van der Waals surface area (Å²) in [5.74, 6) is -0.111. The summed E-state index contributed by atoms with van der Waals surface area (Å²) in [6.45, 7) is 9.80. The molecule has 1 saturated heterocycles. The second-order valence-electron chi connectivity index (χ2n) is 9.17. The number of hydrogen-bond acceptors (Lipinski definition) is 5. The number of carbonyl (C=O) groups excluding carboxylic acids is 1. The molecule has 1 radical (unpaired) electrons. The topological polar surface area (TPSA) is 92.6 Å². The second kappa shape index (κ2) is 6.14. The lowest BCUT2D eigenvalue weighted by atomic mass is 9.68. The molecule has 0 unspecified atom stereocenters. The molecule has 1 aliphatic carbocycles. The van der Waals surface area contributed by atoms with Crippen molar-refractivity contribution in [2.75, 3.05) is 0 Å². The number of non-ortho nitro benzene ring substituents is 1. The van der Waals surface area contributed by atoms with Crippen LogP contribution in [0.3, 0.4) is 0 Å². The third-order valence-electron chi connectivity index (χ3n) is 5.56. The Balaban J connectivity index is 1.98. The Hall–Kier alpha value is -2.25. The molecule has 1 aromatic rings. The van der Waals surface area contributed by atoms with E-state index in [0.29, 0.717) is 25.0 Å². The van der Waals surface area contributed by atoms with Crippen molar-refractivity contribution >= 4 is 11.7 Å². The molecule has 7 heteroatoms. The molecule has 0 aromatic heterocycles. The molecule has 27 heavy (non-hydrogen) atoms. The van der Waals surface area contributed by atoms with Crippen LogP contribution in [0, 0.1) is 15.5 Å². The van der Waals surface area contributed by atoms with Gasteiger partial charge in [-0.1, -0.05) is 19.9 Å². The number of allylic oxidation sites excluding steroid dienone is 1. The largest absolute Gasteiger partial charge is 0.427 e. The molecule has 3 rings (SSSR count). The summed E-state index contributed by atoms with van der Waals surface area (Å²) in [5.41, 5.74) is -0.681. The van der Waals surface area contributed by atoms with Gasteiger partial charge in [-0.25, -0.2) is 4.79 Å². The van der Waals surface area contributed by atoms with Gasteiger partial charge in [0, 0.05) is 24.1 Å². The zero-order chi connectivity index (χ0) is 20.2. The number of nitrogens with zero attached hydrogens (tertiary/aromatic N) is 2. The molecular weight excluding hydrogens is 348 g/mol. The first-order valence-corrected chi connectivity index (χ1v) is 9.02. The first-order valence-electron chi connectivity index (χ1n) is 9.02. The second-order valence-corrected chi connectivity index (χ2v) is 9.17. The molecule has 2 aliphatic rings. The summed E-state index contributed by atoms with van der Waals surface area (Å²) in [6.07, 6.45) is 1.75. The number of nitro groups is 1. The number of esters is 1. The van der Waals surface area contributed by atoms with Crippen LogP contribution in [0.15, 0.2) is 35.6 Å². The Kier molecular flexibility index (Phi) is 4.44. The Morgan fingerprint density at radius 2 is 1.85 bits per heavy atom. The lowest BCUT2D eigenvalue weighted by Crippen LogP contribution is -2.50. The summed E-state index contributed by atoms with van der Waals surface area (Å²) in [5, 5.41) is 25.0. The van der Waals surface area contributed by atoms with Crippen LogP contribution in [-0.2, 0) is 9.94 Å². The molecule has 1 heterocycles. The fraction of sp³-hybridized carbons (Fsp3) is 0.550. The van der Waals surface area contributed by atoms with Gasteiger partial charge in [-0.3, -0.25) is 10.1 Å². The molecule has 1 aromatic carbocycles. The number of ether oxygens (including phenoxy) is 1. The summed E-state index contributed by atoms with van der Waals surface area (Å²) < 4.78 is 5.72. The highest BCUT2D eigenvalue weighted by Crippen LogP contribution is 2.55. The van der Waals surface area contributed by atoms with Gasteiger partial charge < -0.3 is 4.74 Å². The minimum Gasteiger partial charge on any atom is -0.427 e. The molecule has 0 amide bonds. The molecule has 1 aliphatic heterocycles. The minimum absolute atomic E-state index is 0.124. The minimum atomic E-state index is -0.719. The van der Waals surface area contributed by atoms with E-state index in [0.717, 1.165) is 10.6 Å². The molecule has 145 valence electrons. The molecule has 7 nitrogen and oxygen atoms in total. The molecule has 1 atom stereocenters. The number of fused-ring (bicyclic) bond motifs is 1. The SMILES string of the molecule is CC1(C)CC(OC(=O)c2cccc([N+](=O)[O-])c2)=C2CC(C)(C)N([O])[C@@]2(C)C1. The van der Waals surface area contributed by atoms with E-state index < -0.39 is 22.0 Å². The van der Waals surface area contributed by atoms with E-state index in [9.17, 15) is 20.1 Å². The van der Waals surface area contributed by atoms with Crippen molar-refractivity contribution in [1.82, 2.24) is 5.06 Å². The highest BCUT2D eigenvalue weighted by Gasteiger charge is 2.57. The van der Waals surface area contributed by atoms with E-state index in [2.05, 4.69) is 13.8 Å². The maximum atomic E-state index is 13.0. The lowest BCUT2D eigenvalue weighted by molar-refractivity contribution is -0.384. The normalized spacial score (nSPS) is 26.6. The molecule has 0 bridgehead atoms. The monoisotopic (exact) mass is 373 g/mol. The summed E-state index contributed by atoms with van der Waals surface area (Å²) in [6, 6.07) is 5.49. The van der Waals surface area contributed by atoms with Crippen molar-refractivity contribution in [3.63, 3.8) is 0 Å². The number of carbonyl (C=O) groups is 1. The van der Waals surface area contributed by atoms with Gasteiger partial charge in [0.1, 0.15) is 5.76 Å². The third-order valence-corrected chi connectivity index (χ3v) is 5.56. The number of rotatable bonds is 3. The molecular formula is C20H25N2O5. The van der Waals surface area contributed by atoms with Crippen molar-refractivity contribution in [2.45, 2.75) is 65.0 Å². The van der Waals surface area contributed by atoms with E-state index >= 15 is 0 Å². The van der Waals surface area contributed by atoms with Gasteiger partial charge in [0.05, 0.1) is 16.0 Å².